The summed E-state index contributed by atoms with van der Waals surface area (Å²) in [6.07, 6.45) is 4.02. The van der Waals surface area contributed by atoms with Crippen LogP contribution < -0.4 is 4.74 Å². The summed E-state index contributed by atoms with van der Waals surface area (Å²) in [7, 11) is 1.82. The summed E-state index contributed by atoms with van der Waals surface area (Å²) in [4.78, 5) is 13.5. The summed E-state index contributed by atoms with van der Waals surface area (Å²) in [6, 6.07) is 3.74. The number of hydrogen-bond donors (Lipinski definition) is 0. The first-order chi connectivity index (χ1) is 7.27. The lowest BCUT2D eigenvalue weighted by Crippen LogP contribution is -2.17. The van der Waals surface area contributed by atoms with E-state index >= 15 is 0 Å². The average Bonchev–Trinajstić information content (AvgIpc) is 2.56. The average molecular weight is 201 g/mol. The van der Waals surface area contributed by atoms with Crippen molar-refractivity contribution in [1.29, 1.82) is 0 Å². The number of carbonyl (C=O) groups is 1. The maximum Gasteiger partial charge on any atom is 0.254 e. The number of ether oxygens (including phenoxy) is 1. The van der Waals surface area contributed by atoms with E-state index in [1.807, 2.05) is 31.3 Å². The molecule has 3 heteroatoms. The van der Waals surface area contributed by atoms with Gasteiger partial charge in [-0.15, -0.1) is 0 Å². The maximum atomic E-state index is 11.7. The van der Waals surface area contributed by atoms with E-state index in [0.717, 1.165) is 22.4 Å². The molecule has 0 atom stereocenters. The van der Waals surface area contributed by atoms with Gasteiger partial charge in [-0.1, -0.05) is 6.08 Å². The predicted octanol–water partition coefficient (Wildman–Crippen LogP) is 1.68. The Morgan fingerprint density at radius 1 is 1.40 bits per heavy atom. The molecule has 1 aromatic rings. The fourth-order valence-electron chi connectivity index (χ4n) is 2.14. The van der Waals surface area contributed by atoms with Crippen LogP contribution in [0.5, 0.6) is 5.75 Å². The lowest BCUT2D eigenvalue weighted by atomic mass is 10.0. The second kappa shape index (κ2) is 2.86. The molecule has 0 aromatic heterocycles. The Labute approximate surface area is 88.0 Å². The summed E-state index contributed by atoms with van der Waals surface area (Å²) < 4.78 is 5.50. The predicted molar refractivity (Wildman–Crippen MR) is 56.8 cm³/mol. The first-order valence-electron chi connectivity index (χ1n) is 4.98. The molecule has 3 nitrogen and oxygen atoms in total. The second-order valence-electron chi connectivity index (χ2n) is 3.88. The van der Waals surface area contributed by atoms with Gasteiger partial charge >= 0.3 is 0 Å². The van der Waals surface area contributed by atoms with Crippen LogP contribution in [0.3, 0.4) is 0 Å². The molecule has 0 fully saturated rings. The highest BCUT2D eigenvalue weighted by atomic mass is 16.5. The van der Waals surface area contributed by atoms with Crippen LogP contribution in [-0.2, 0) is 6.54 Å². The molecule has 0 N–H and O–H groups in total. The van der Waals surface area contributed by atoms with E-state index in [1.165, 1.54) is 0 Å². The third-order valence-electron chi connectivity index (χ3n) is 2.91. The number of rotatable bonds is 0. The molecule has 0 spiro atoms. The minimum Gasteiger partial charge on any atom is -0.489 e. The molecule has 2 aliphatic heterocycles. The van der Waals surface area contributed by atoms with Crippen molar-refractivity contribution in [3.05, 3.63) is 34.9 Å². The molecule has 0 radical (unpaired) electrons. The van der Waals surface area contributed by atoms with Gasteiger partial charge in [-0.05, 0) is 23.8 Å². The fourth-order valence-corrected chi connectivity index (χ4v) is 2.14. The maximum absolute atomic E-state index is 11.7. The molecule has 76 valence electrons. The van der Waals surface area contributed by atoms with Gasteiger partial charge in [0.25, 0.3) is 5.91 Å². The van der Waals surface area contributed by atoms with Crippen molar-refractivity contribution in [1.82, 2.24) is 4.90 Å². The summed E-state index contributed by atoms with van der Waals surface area (Å²) in [6.45, 7) is 1.31. The highest BCUT2D eigenvalue weighted by Gasteiger charge is 2.28. The third-order valence-corrected chi connectivity index (χ3v) is 2.91. The molecule has 0 saturated heterocycles. The van der Waals surface area contributed by atoms with Crippen molar-refractivity contribution in [3.8, 4) is 5.75 Å². The van der Waals surface area contributed by atoms with Gasteiger partial charge in [0.2, 0.25) is 0 Å². The summed E-state index contributed by atoms with van der Waals surface area (Å²) >= 11 is 0. The third kappa shape index (κ3) is 1.09. The Bertz CT molecular complexity index is 477. The van der Waals surface area contributed by atoms with Gasteiger partial charge < -0.3 is 9.64 Å². The molecule has 2 aliphatic rings. The van der Waals surface area contributed by atoms with E-state index in [9.17, 15) is 4.79 Å². The molecule has 1 amide bonds. The molecular formula is C12H11NO2. The van der Waals surface area contributed by atoms with Gasteiger partial charge in [0.05, 0.1) is 0 Å². The van der Waals surface area contributed by atoms with E-state index in [4.69, 9.17) is 4.74 Å². The zero-order valence-corrected chi connectivity index (χ0v) is 8.49. The zero-order valence-electron chi connectivity index (χ0n) is 8.49. The molecule has 3 rings (SSSR count). The van der Waals surface area contributed by atoms with E-state index in [0.29, 0.717) is 13.2 Å². The number of carbonyl (C=O) groups excluding carboxylic acids is 1. The van der Waals surface area contributed by atoms with Crippen LogP contribution in [0.4, 0.5) is 0 Å². The van der Waals surface area contributed by atoms with Gasteiger partial charge in [-0.2, -0.15) is 0 Å². The summed E-state index contributed by atoms with van der Waals surface area (Å²) in [5.74, 6) is 0.992. The monoisotopic (exact) mass is 201 g/mol. The van der Waals surface area contributed by atoms with E-state index in [-0.39, 0.29) is 5.91 Å². The zero-order chi connectivity index (χ0) is 10.4. The number of hydrogen-bond acceptors (Lipinski definition) is 2. The largest absolute Gasteiger partial charge is 0.489 e. The topological polar surface area (TPSA) is 29.5 Å². The Hall–Kier alpha value is -1.77. The summed E-state index contributed by atoms with van der Waals surface area (Å²) in [5.41, 5.74) is 2.97. The van der Waals surface area contributed by atoms with Crippen LogP contribution in [0.2, 0.25) is 0 Å². The Balaban J connectivity index is 2.23. The Morgan fingerprint density at radius 2 is 2.27 bits per heavy atom. The smallest absolute Gasteiger partial charge is 0.254 e. The van der Waals surface area contributed by atoms with Crippen molar-refractivity contribution in [2.75, 3.05) is 13.7 Å². The van der Waals surface area contributed by atoms with E-state index in [2.05, 4.69) is 0 Å². The molecule has 0 unspecified atom stereocenters. The Kier molecular flexibility index (Phi) is 1.63. The van der Waals surface area contributed by atoms with Crippen molar-refractivity contribution >= 4 is 12.0 Å². The van der Waals surface area contributed by atoms with Crippen LogP contribution in [0.25, 0.3) is 6.08 Å². The molecule has 2 heterocycles. The Morgan fingerprint density at radius 3 is 3.13 bits per heavy atom. The number of fused-ring (bicyclic) bond motifs is 3. The first-order valence-corrected chi connectivity index (χ1v) is 4.98. The lowest BCUT2D eigenvalue weighted by molar-refractivity contribution is 0.0816. The molecule has 1 aromatic carbocycles. The minimum absolute atomic E-state index is 0.103. The van der Waals surface area contributed by atoms with Crippen LogP contribution in [0, 0.1) is 0 Å². The van der Waals surface area contributed by atoms with E-state index < -0.39 is 0 Å². The van der Waals surface area contributed by atoms with Crippen molar-refractivity contribution in [2.45, 2.75) is 6.54 Å². The normalized spacial score (nSPS) is 17.4. The number of nitrogens with zero attached hydrogens (tertiary/aromatic N) is 1. The van der Waals surface area contributed by atoms with E-state index in [1.54, 1.807) is 4.90 Å². The lowest BCUT2D eigenvalue weighted by Gasteiger charge is -2.14. The SMILES string of the molecule is CN1Cc2c(ccc3c2C=CCO3)C1=O. The second-order valence-corrected chi connectivity index (χ2v) is 3.88. The molecule has 0 saturated carbocycles. The minimum atomic E-state index is 0.103. The first kappa shape index (κ1) is 8.53. The molecular weight excluding hydrogens is 190 g/mol. The molecule has 0 bridgehead atoms. The number of amides is 1. The van der Waals surface area contributed by atoms with Gasteiger partial charge in [0, 0.05) is 24.7 Å². The standard InChI is InChI=1S/C12H11NO2/c1-13-7-10-8-3-2-6-15-11(8)5-4-9(10)12(13)14/h2-5H,6-7H2,1H3. The molecule has 0 aliphatic carbocycles. The van der Waals surface area contributed by atoms with Crippen LogP contribution in [0.15, 0.2) is 18.2 Å². The summed E-state index contributed by atoms with van der Waals surface area (Å²) in [5, 5.41) is 0. The quantitative estimate of drug-likeness (QED) is 0.639. The van der Waals surface area contributed by atoms with Crippen molar-refractivity contribution < 1.29 is 9.53 Å². The van der Waals surface area contributed by atoms with Gasteiger partial charge in [0.1, 0.15) is 12.4 Å². The van der Waals surface area contributed by atoms with Crippen LogP contribution in [0.1, 0.15) is 21.5 Å². The van der Waals surface area contributed by atoms with Crippen LogP contribution >= 0.6 is 0 Å². The van der Waals surface area contributed by atoms with Crippen molar-refractivity contribution in [2.24, 2.45) is 0 Å². The van der Waals surface area contributed by atoms with Gasteiger partial charge in [0.15, 0.2) is 0 Å². The van der Waals surface area contributed by atoms with Crippen LogP contribution in [-0.4, -0.2) is 24.5 Å². The number of benzene rings is 1. The fraction of sp³-hybridized carbons (Fsp3) is 0.250. The highest BCUT2D eigenvalue weighted by molar-refractivity contribution is 5.99. The highest BCUT2D eigenvalue weighted by Crippen LogP contribution is 2.34. The van der Waals surface area contributed by atoms with Gasteiger partial charge in [-0.3, -0.25) is 4.79 Å². The van der Waals surface area contributed by atoms with Gasteiger partial charge in [-0.25, -0.2) is 0 Å². The molecule has 15 heavy (non-hydrogen) atoms. The van der Waals surface area contributed by atoms with Crippen molar-refractivity contribution in [3.63, 3.8) is 0 Å².